The van der Waals surface area contributed by atoms with Crippen molar-refractivity contribution in [2.24, 2.45) is 0 Å². The van der Waals surface area contributed by atoms with E-state index in [4.69, 9.17) is 11.6 Å². The molecule has 1 aliphatic heterocycles. The Morgan fingerprint density at radius 1 is 1.55 bits per heavy atom. The van der Waals surface area contributed by atoms with Crippen molar-refractivity contribution < 1.29 is 5.11 Å². The van der Waals surface area contributed by atoms with E-state index in [-0.39, 0.29) is 4.75 Å². The van der Waals surface area contributed by atoms with E-state index in [1.54, 1.807) is 24.2 Å². The maximum Gasteiger partial charge on any atom is 0.107 e. The Kier molecular flexibility index (Phi) is 3.63. The zero-order valence-electron chi connectivity index (χ0n) is 10.8. The van der Waals surface area contributed by atoms with Crippen LogP contribution in [0.2, 0.25) is 5.02 Å². The van der Waals surface area contributed by atoms with Gasteiger partial charge in [-0.1, -0.05) is 23.7 Å². The van der Waals surface area contributed by atoms with Gasteiger partial charge in [0.25, 0.3) is 0 Å². The number of hydrogen-bond donors (Lipinski definition) is 2. The smallest absolute Gasteiger partial charge is 0.107 e. The second kappa shape index (κ2) is 5.28. The minimum absolute atomic E-state index is 0.368. The van der Waals surface area contributed by atoms with Crippen molar-refractivity contribution in [3.8, 4) is 0 Å². The summed E-state index contributed by atoms with van der Waals surface area (Å²) < 4.78 is -0.368. The molecule has 0 saturated heterocycles. The van der Waals surface area contributed by atoms with Crippen LogP contribution < -0.4 is 0 Å². The summed E-state index contributed by atoms with van der Waals surface area (Å²) in [4.78, 5) is 8.43. The number of hydrogen-bond acceptors (Lipinski definition) is 3. The number of thioether (sulfide) groups is 1. The Morgan fingerprint density at radius 2 is 2.40 bits per heavy atom. The minimum atomic E-state index is -0.553. The van der Waals surface area contributed by atoms with E-state index in [1.807, 2.05) is 24.3 Å². The number of nitrogens with one attached hydrogen (secondary N) is 1. The molecule has 2 atom stereocenters. The number of H-pyrrole nitrogens is 1. The van der Waals surface area contributed by atoms with Gasteiger partial charge < -0.3 is 10.1 Å². The second-order valence-electron chi connectivity index (χ2n) is 4.96. The molecule has 0 unspecified atom stereocenters. The lowest BCUT2D eigenvalue weighted by Crippen LogP contribution is -2.31. The molecule has 0 bridgehead atoms. The Labute approximate surface area is 127 Å². The van der Waals surface area contributed by atoms with Crippen LogP contribution in [0.4, 0.5) is 0 Å². The highest BCUT2D eigenvalue weighted by Gasteiger charge is 2.46. The van der Waals surface area contributed by atoms with Crippen LogP contribution in [0.15, 0.2) is 48.1 Å². The zero-order chi connectivity index (χ0) is 14.2. The Balaban J connectivity index is 1.98. The lowest BCUT2D eigenvalue weighted by atomic mass is 9.89. The van der Waals surface area contributed by atoms with Crippen LogP contribution in [0.1, 0.15) is 23.9 Å². The van der Waals surface area contributed by atoms with Gasteiger partial charge in [0, 0.05) is 28.7 Å². The van der Waals surface area contributed by atoms with E-state index >= 15 is 0 Å². The molecule has 0 radical (unpaired) electrons. The van der Waals surface area contributed by atoms with E-state index in [0.29, 0.717) is 17.9 Å². The summed E-state index contributed by atoms with van der Waals surface area (Å²) in [6, 6.07) is 5.64. The molecule has 2 heterocycles. The second-order valence-corrected chi connectivity index (χ2v) is 6.85. The van der Waals surface area contributed by atoms with Gasteiger partial charge in [0.05, 0.1) is 10.9 Å². The first-order valence-electron chi connectivity index (χ1n) is 6.40. The molecule has 0 spiro atoms. The van der Waals surface area contributed by atoms with Crippen molar-refractivity contribution in [3.63, 3.8) is 0 Å². The number of aromatic amines is 1. The van der Waals surface area contributed by atoms with Gasteiger partial charge in [0.15, 0.2) is 0 Å². The molecule has 104 valence electrons. The fourth-order valence-electron chi connectivity index (χ4n) is 2.66. The lowest BCUT2D eigenvalue weighted by Gasteiger charge is -2.30. The van der Waals surface area contributed by atoms with Crippen LogP contribution in [0.3, 0.4) is 0 Å². The van der Waals surface area contributed by atoms with E-state index in [1.165, 1.54) is 0 Å². The van der Waals surface area contributed by atoms with Crippen molar-refractivity contribution >= 4 is 23.4 Å². The quantitative estimate of drug-likeness (QED) is 0.846. The summed E-state index contributed by atoms with van der Waals surface area (Å²) in [6.07, 6.45) is 6.19. The molecular weight excluding hydrogens is 292 g/mol. The molecule has 1 aromatic heterocycles. The Bertz CT molecular complexity index is 629. The third-order valence-corrected chi connectivity index (χ3v) is 5.34. The lowest BCUT2D eigenvalue weighted by molar-refractivity contribution is 0.131. The summed E-state index contributed by atoms with van der Waals surface area (Å²) in [5, 5.41) is 11.4. The van der Waals surface area contributed by atoms with Gasteiger partial charge in [-0.25, -0.2) is 4.98 Å². The highest BCUT2D eigenvalue weighted by molar-refractivity contribution is 8.01. The number of benzene rings is 1. The zero-order valence-corrected chi connectivity index (χ0v) is 12.4. The molecule has 3 rings (SSSR count). The normalized spacial score (nSPS) is 24.6. The van der Waals surface area contributed by atoms with Gasteiger partial charge in [0.2, 0.25) is 0 Å². The molecule has 0 amide bonds. The summed E-state index contributed by atoms with van der Waals surface area (Å²) >= 11 is 7.71. The highest BCUT2D eigenvalue weighted by Crippen LogP contribution is 2.55. The summed E-state index contributed by atoms with van der Waals surface area (Å²) in [5.74, 6) is 0.873. The molecule has 0 aliphatic carbocycles. The first-order valence-corrected chi connectivity index (χ1v) is 7.60. The van der Waals surface area contributed by atoms with Gasteiger partial charge in [-0.2, -0.15) is 0 Å². The fourth-order valence-corrected chi connectivity index (χ4v) is 4.47. The number of aliphatic hydroxyl groups is 1. The topological polar surface area (TPSA) is 48.9 Å². The first-order chi connectivity index (χ1) is 9.64. The Morgan fingerprint density at radius 3 is 3.10 bits per heavy atom. The van der Waals surface area contributed by atoms with E-state index in [9.17, 15) is 5.11 Å². The number of allylic oxidation sites excluding steroid dienone is 1. The maximum atomic E-state index is 10.8. The number of nitrogens with zero attached hydrogens (tertiary/aromatic N) is 1. The molecule has 2 N–H and O–H groups in total. The molecule has 2 aromatic rings. The average Bonchev–Trinajstić information content (AvgIpc) is 2.99. The molecule has 0 fully saturated rings. The van der Waals surface area contributed by atoms with Gasteiger partial charge in [-0.05, 0) is 24.1 Å². The van der Waals surface area contributed by atoms with Crippen molar-refractivity contribution in [2.45, 2.75) is 28.6 Å². The van der Waals surface area contributed by atoms with Gasteiger partial charge in [-0.15, -0.1) is 18.3 Å². The van der Waals surface area contributed by atoms with Crippen LogP contribution in [-0.4, -0.2) is 19.8 Å². The number of fused-ring (bicyclic) bond motifs is 1. The largest absolute Gasteiger partial charge is 0.387 e. The molecular formula is C15H15ClN2OS. The van der Waals surface area contributed by atoms with E-state index < -0.39 is 6.10 Å². The fraction of sp³-hybridized carbons (Fsp3) is 0.267. The first kappa shape index (κ1) is 13.7. The SMILES string of the molecule is C=CC[C@@]1(Cc2ncc[nH]2)Sc2cc(Cl)ccc2[C@@H]1O. The van der Waals surface area contributed by atoms with Crippen LogP contribution in [0.25, 0.3) is 0 Å². The van der Waals surface area contributed by atoms with Gasteiger partial charge in [-0.3, -0.25) is 0 Å². The predicted octanol–water partition coefficient (Wildman–Crippen LogP) is 3.76. The number of aromatic nitrogens is 2. The monoisotopic (exact) mass is 306 g/mol. The predicted molar refractivity (Wildman–Crippen MR) is 82.1 cm³/mol. The number of rotatable bonds is 4. The van der Waals surface area contributed by atoms with Crippen LogP contribution in [0, 0.1) is 0 Å². The van der Waals surface area contributed by atoms with Crippen LogP contribution in [0.5, 0.6) is 0 Å². The number of imidazole rings is 1. The minimum Gasteiger partial charge on any atom is -0.387 e. The highest BCUT2D eigenvalue weighted by atomic mass is 35.5. The number of aliphatic hydroxyl groups excluding tert-OH is 1. The van der Waals surface area contributed by atoms with Crippen molar-refractivity contribution in [2.75, 3.05) is 0 Å². The average molecular weight is 307 g/mol. The summed E-state index contributed by atoms with van der Waals surface area (Å²) in [5.41, 5.74) is 0.938. The molecule has 3 nitrogen and oxygen atoms in total. The molecule has 1 aromatic carbocycles. The molecule has 20 heavy (non-hydrogen) atoms. The van der Waals surface area contributed by atoms with Crippen molar-refractivity contribution in [1.29, 1.82) is 0 Å². The summed E-state index contributed by atoms with van der Waals surface area (Å²) in [6.45, 7) is 3.83. The van der Waals surface area contributed by atoms with E-state index in [0.717, 1.165) is 16.3 Å². The molecule has 1 aliphatic rings. The van der Waals surface area contributed by atoms with Crippen LogP contribution >= 0.6 is 23.4 Å². The van der Waals surface area contributed by atoms with E-state index in [2.05, 4.69) is 16.5 Å². The molecule has 0 saturated carbocycles. The van der Waals surface area contributed by atoms with Crippen LogP contribution in [-0.2, 0) is 6.42 Å². The van der Waals surface area contributed by atoms with Gasteiger partial charge >= 0.3 is 0 Å². The number of halogens is 1. The van der Waals surface area contributed by atoms with Crippen molar-refractivity contribution in [3.05, 3.63) is 59.7 Å². The van der Waals surface area contributed by atoms with Crippen molar-refractivity contribution in [1.82, 2.24) is 9.97 Å². The summed E-state index contributed by atoms with van der Waals surface area (Å²) in [7, 11) is 0. The van der Waals surface area contributed by atoms with Gasteiger partial charge in [0.1, 0.15) is 5.82 Å². The molecule has 5 heteroatoms. The Hall–Kier alpha value is -1.23. The maximum absolute atomic E-state index is 10.8. The third kappa shape index (κ3) is 2.28. The standard InChI is InChI=1S/C15H15ClN2OS/c1-2-5-15(9-13-17-6-7-18-13)14(19)11-4-3-10(16)8-12(11)20-15/h2-4,6-8,14,19H,1,5,9H2,(H,17,18)/t14-,15-/m0/s1. The third-order valence-electron chi connectivity index (χ3n) is 3.59.